The second kappa shape index (κ2) is 5.39. The van der Waals surface area contributed by atoms with Crippen molar-refractivity contribution in [2.45, 2.75) is 6.92 Å². The molecule has 0 aliphatic rings. The summed E-state index contributed by atoms with van der Waals surface area (Å²) in [6.07, 6.45) is 0. The first kappa shape index (κ1) is 12.9. The number of benzene rings is 1. The van der Waals surface area contributed by atoms with Crippen LogP contribution in [0, 0.1) is 6.92 Å². The van der Waals surface area contributed by atoms with Crippen molar-refractivity contribution in [2.24, 2.45) is 0 Å². The average molecular weight is 259 g/mol. The van der Waals surface area contributed by atoms with Crippen LogP contribution in [0.15, 0.2) is 36.4 Å². The topological polar surface area (TPSA) is 68.7 Å². The number of hydrogen-bond donors (Lipinski definition) is 1. The monoisotopic (exact) mass is 259 g/mol. The molecule has 5 heteroatoms. The SMILES string of the molecule is COc1cccc(Oc2nc(C)ccc2C(=O)O)c1. The molecule has 1 N–H and O–H groups in total. The molecule has 0 aliphatic heterocycles. The molecule has 0 spiro atoms. The minimum absolute atomic E-state index is 0.0217. The van der Waals surface area contributed by atoms with E-state index in [2.05, 4.69) is 4.98 Å². The highest BCUT2D eigenvalue weighted by Crippen LogP contribution is 2.26. The minimum Gasteiger partial charge on any atom is -0.497 e. The zero-order valence-electron chi connectivity index (χ0n) is 10.6. The molecular formula is C14H13NO4. The number of hydrogen-bond acceptors (Lipinski definition) is 4. The number of aryl methyl sites for hydroxylation is 1. The Hall–Kier alpha value is -2.56. The largest absolute Gasteiger partial charge is 0.497 e. The van der Waals surface area contributed by atoms with Gasteiger partial charge in [0.1, 0.15) is 17.1 Å². The molecule has 5 nitrogen and oxygen atoms in total. The number of aromatic nitrogens is 1. The van der Waals surface area contributed by atoms with Crippen molar-refractivity contribution in [3.05, 3.63) is 47.7 Å². The number of nitrogens with zero attached hydrogens (tertiary/aromatic N) is 1. The molecule has 1 heterocycles. The van der Waals surface area contributed by atoms with Gasteiger partial charge in [0.2, 0.25) is 5.88 Å². The van der Waals surface area contributed by atoms with Crippen LogP contribution in [0.1, 0.15) is 16.1 Å². The van der Waals surface area contributed by atoms with Crippen LogP contribution >= 0.6 is 0 Å². The van der Waals surface area contributed by atoms with E-state index in [1.807, 2.05) is 0 Å². The van der Waals surface area contributed by atoms with Crippen LogP contribution in [-0.4, -0.2) is 23.2 Å². The summed E-state index contributed by atoms with van der Waals surface area (Å²) in [4.78, 5) is 15.2. The number of carboxylic acids is 1. The van der Waals surface area contributed by atoms with Crippen molar-refractivity contribution in [2.75, 3.05) is 7.11 Å². The van der Waals surface area contributed by atoms with Crippen molar-refractivity contribution in [3.8, 4) is 17.4 Å². The van der Waals surface area contributed by atoms with Crippen LogP contribution in [0.4, 0.5) is 0 Å². The highest BCUT2D eigenvalue weighted by molar-refractivity contribution is 5.90. The van der Waals surface area contributed by atoms with E-state index >= 15 is 0 Å². The summed E-state index contributed by atoms with van der Waals surface area (Å²) in [5.41, 5.74) is 0.705. The molecule has 0 saturated heterocycles. The maximum Gasteiger partial charge on any atom is 0.341 e. The van der Waals surface area contributed by atoms with Crippen LogP contribution in [0.5, 0.6) is 17.4 Å². The quantitative estimate of drug-likeness (QED) is 0.914. The molecule has 2 rings (SSSR count). The number of pyridine rings is 1. The van der Waals surface area contributed by atoms with Gasteiger partial charge in [0.25, 0.3) is 0 Å². The molecule has 1 aromatic carbocycles. The molecule has 0 amide bonds. The fourth-order valence-electron chi connectivity index (χ4n) is 1.55. The Bertz CT molecular complexity index is 610. The number of methoxy groups -OCH3 is 1. The van der Waals surface area contributed by atoms with Crippen LogP contribution in [0.25, 0.3) is 0 Å². The van der Waals surface area contributed by atoms with Gasteiger partial charge in [-0.3, -0.25) is 0 Å². The van der Waals surface area contributed by atoms with Crippen molar-refractivity contribution in [3.63, 3.8) is 0 Å². The van der Waals surface area contributed by atoms with Crippen LogP contribution in [-0.2, 0) is 0 Å². The first-order valence-electron chi connectivity index (χ1n) is 5.63. The van der Waals surface area contributed by atoms with Gasteiger partial charge in [-0.15, -0.1) is 0 Å². The van der Waals surface area contributed by atoms with E-state index in [0.29, 0.717) is 17.2 Å². The molecule has 0 unspecified atom stereocenters. The summed E-state index contributed by atoms with van der Waals surface area (Å²) in [6, 6.07) is 9.99. The van der Waals surface area contributed by atoms with Gasteiger partial charge in [-0.2, -0.15) is 0 Å². The predicted octanol–water partition coefficient (Wildman–Crippen LogP) is 2.89. The molecule has 1 aromatic heterocycles. The summed E-state index contributed by atoms with van der Waals surface area (Å²) < 4.78 is 10.6. The fourth-order valence-corrected chi connectivity index (χ4v) is 1.55. The summed E-state index contributed by atoms with van der Waals surface area (Å²) in [5, 5.41) is 9.09. The van der Waals surface area contributed by atoms with Crippen LogP contribution < -0.4 is 9.47 Å². The maximum atomic E-state index is 11.1. The third-order valence-corrected chi connectivity index (χ3v) is 2.49. The Labute approximate surface area is 110 Å². The Morgan fingerprint density at radius 3 is 2.63 bits per heavy atom. The molecule has 19 heavy (non-hydrogen) atoms. The smallest absolute Gasteiger partial charge is 0.341 e. The molecule has 0 atom stereocenters. The van der Waals surface area contributed by atoms with Gasteiger partial charge in [-0.05, 0) is 31.2 Å². The first-order valence-corrected chi connectivity index (χ1v) is 5.63. The lowest BCUT2D eigenvalue weighted by Gasteiger charge is -2.09. The predicted molar refractivity (Wildman–Crippen MR) is 69.0 cm³/mol. The van der Waals surface area contributed by atoms with Gasteiger partial charge >= 0.3 is 5.97 Å². The van der Waals surface area contributed by atoms with Crippen LogP contribution in [0.3, 0.4) is 0 Å². The summed E-state index contributed by atoms with van der Waals surface area (Å²) >= 11 is 0. The molecule has 0 radical (unpaired) electrons. The highest BCUT2D eigenvalue weighted by atomic mass is 16.5. The van der Waals surface area contributed by atoms with Gasteiger partial charge in [-0.1, -0.05) is 6.07 Å². The van der Waals surface area contributed by atoms with E-state index in [4.69, 9.17) is 14.6 Å². The van der Waals surface area contributed by atoms with Crippen molar-refractivity contribution in [1.29, 1.82) is 0 Å². The maximum absolute atomic E-state index is 11.1. The normalized spacial score (nSPS) is 10.0. The lowest BCUT2D eigenvalue weighted by Crippen LogP contribution is -2.02. The second-order valence-corrected chi connectivity index (χ2v) is 3.89. The average Bonchev–Trinajstić information content (AvgIpc) is 2.38. The number of aromatic carboxylic acids is 1. The van der Waals surface area contributed by atoms with Gasteiger partial charge < -0.3 is 14.6 Å². The summed E-state index contributed by atoms with van der Waals surface area (Å²) in [6.45, 7) is 1.77. The Morgan fingerprint density at radius 2 is 1.95 bits per heavy atom. The van der Waals surface area contributed by atoms with Crippen molar-refractivity contribution < 1.29 is 19.4 Å². The highest BCUT2D eigenvalue weighted by Gasteiger charge is 2.14. The number of ether oxygens (including phenoxy) is 2. The van der Waals surface area contributed by atoms with Gasteiger partial charge in [0.05, 0.1) is 7.11 Å². The minimum atomic E-state index is -1.08. The number of carboxylic acid groups (broad SMARTS) is 1. The Balaban J connectivity index is 2.36. The summed E-state index contributed by atoms with van der Waals surface area (Å²) in [7, 11) is 1.55. The molecule has 0 aliphatic carbocycles. The van der Waals surface area contributed by atoms with E-state index in [0.717, 1.165) is 0 Å². The summed E-state index contributed by atoms with van der Waals surface area (Å²) in [5.74, 6) is 0.0909. The standard InChI is InChI=1S/C14H13NO4/c1-9-6-7-12(14(16)17)13(15-9)19-11-5-3-4-10(8-11)18-2/h3-8H,1-2H3,(H,16,17). The molecule has 0 bridgehead atoms. The molecule has 98 valence electrons. The molecule has 0 saturated carbocycles. The zero-order valence-corrected chi connectivity index (χ0v) is 10.6. The molecule has 0 fully saturated rings. The molecular weight excluding hydrogens is 246 g/mol. The van der Waals surface area contributed by atoms with E-state index < -0.39 is 5.97 Å². The van der Waals surface area contributed by atoms with Gasteiger partial charge in [0.15, 0.2) is 0 Å². The lowest BCUT2D eigenvalue weighted by molar-refractivity contribution is 0.0693. The number of carbonyl (C=O) groups is 1. The van der Waals surface area contributed by atoms with Crippen molar-refractivity contribution >= 4 is 5.97 Å². The Morgan fingerprint density at radius 1 is 1.21 bits per heavy atom. The van der Waals surface area contributed by atoms with Gasteiger partial charge in [0, 0.05) is 11.8 Å². The fraction of sp³-hybridized carbons (Fsp3) is 0.143. The van der Waals surface area contributed by atoms with Crippen LogP contribution in [0.2, 0.25) is 0 Å². The molecule has 2 aromatic rings. The van der Waals surface area contributed by atoms with E-state index in [1.54, 1.807) is 44.4 Å². The van der Waals surface area contributed by atoms with E-state index in [9.17, 15) is 4.79 Å². The third-order valence-electron chi connectivity index (χ3n) is 2.49. The van der Waals surface area contributed by atoms with Crippen molar-refractivity contribution in [1.82, 2.24) is 4.98 Å². The Kier molecular flexibility index (Phi) is 3.66. The number of rotatable bonds is 4. The van der Waals surface area contributed by atoms with E-state index in [-0.39, 0.29) is 11.4 Å². The second-order valence-electron chi connectivity index (χ2n) is 3.89. The zero-order chi connectivity index (χ0) is 13.8. The van der Waals surface area contributed by atoms with E-state index in [1.165, 1.54) is 6.07 Å². The van der Waals surface area contributed by atoms with Gasteiger partial charge in [-0.25, -0.2) is 9.78 Å². The lowest BCUT2D eigenvalue weighted by atomic mass is 10.2. The third kappa shape index (κ3) is 3.01. The first-order chi connectivity index (χ1) is 9.10.